The molecule has 2 unspecified atom stereocenters. The molecule has 12 heavy (non-hydrogen) atoms. The summed E-state index contributed by atoms with van der Waals surface area (Å²) in [7, 11) is 0. The maximum atomic E-state index is 12.8. The number of rotatable bonds is 3. The first-order valence-corrected chi connectivity index (χ1v) is 4.20. The van der Waals surface area contributed by atoms with Crippen LogP contribution < -0.4 is 0 Å². The first kappa shape index (κ1) is 9.31. The van der Waals surface area contributed by atoms with Crippen LogP contribution in [0.5, 0.6) is 0 Å². The summed E-state index contributed by atoms with van der Waals surface area (Å²) in [5.74, 6) is 0. The molecule has 5 heteroatoms. The second-order valence-corrected chi connectivity index (χ2v) is 2.67. The van der Waals surface area contributed by atoms with E-state index in [1.807, 2.05) is 0 Å². The van der Waals surface area contributed by atoms with Crippen LogP contribution in [0.25, 0.3) is 0 Å². The molecule has 2 atom stereocenters. The first-order chi connectivity index (χ1) is 5.70. The minimum absolute atomic E-state index is 0.222. The van der Waals surface area contributed by atoms with Crippen LogP contribution in [0.3, 0.4) is 0 Å². The van der Waals surface area contributed by atoms with Gasteiger partial charge in [0.15, 0.2) is 0 Å². The third kappa shape index (κ3) is 2.69. The van der Waals surface area contributed by atoms with Crippen molar-refractivity contribution in [3.8, 4) is 0 Å². The van der Waals surface area contributed by atoms with Gasteiger partial charge in [-0.3, -0.25) is 4.55 Å². The second-order valence-electron chi connectivity index (χ2n) is 2.04. The summed E-state index contributed by atoms with van der Waals surface area (Å²) in [4.78, 5) is 0. The lowest BCUT2D eigenvalue weighted by molar-refractivity contribution is 0.0722. The van der Waals surface area contributed by atoms with Gasteiger partial charge in [-0.1, -0.05) is 30.3 Å². The van der Waals surface area contributed by atoms with Crippen molar-refractivity contribution in [1.82, 2.24) is 0 Å². The Morgan fingerprint density at radius 3 is 2.50 bits per heavy atom. The summed E-state index contributed by atoms with van der Waals surface area (Å²) in [6, 6.07) is 7.89. The van der Waals surface area contributed by atoms with Crippen LogP contribution in [0.15, 0.2) is 30.3 Å². The Morgan fingerprint density at radius 2 is 2.00 bits per heavy atom. The summed E-state index contributed by atoms with van der Waals surface area (Å²) < 4.78 is 35.0. The maximum Gasteiger partial charge on any atom is 0.305 e. The minimum Gasteiger partial charge on any atom is -0.284 e. The van der Waals surface area contributed by atoms with Gasteiger partial charge in [0, 0.05) is 5.56 Å². The molecule has 3 nitrogen and oxygen atoms in total. The average molecular weight is 190 g/mol. The molecule has 0 aromatic heterocycles. The van der Waals surface area contributed by atoms with E-state index in [9.17, 15) is 8.60 Å². The number of hydrogen-bond donors (Lipinski definition) is 1. The molecule has 0 spiro atoms. The van der Waals surface area contributed by atoms with Crippen molar-refractivity contribution < 1.29 is 17.3 Å². The van der Waals surface area contributed by atoms with E-state index in [-0.39, 0.29) is 5.56 Å². The predicted octanol–water partition coefficient (Wildman–Crippen LogP) is 1.81. The zero-order valence-electron chi connectivity index (χ0n) is 6.01. The van der Waals surface area contributed by atoms with E-state index in [4.69, 9.17) is 4.55 Å². The van der Waals surface area contributed by atoms with Crippen molar-refractivity contribution in [3.05, 3.63) is 35.9 Å². The standard InChI is InChI=1S/C7H7FO3S/c8-7(11-12(9)10)6-4-2-1-3-5-6/h1-5,7H,(H,9,10). The van der Waals surface area contributed by atoms with Gasteiger partial charge in [-0.15, -0.1) is 0 Å². The van der Waals surface area contributed by atoms with Crippen LogP contribution in [0.1, 0.15) is 11.9 Å². The zero-order chi connectivity index (χ0) is 8.97. The van der Waals surface area contributed by atoms with E-state index in [1.165, 1.54) is 12.1 Å². The Morgan fingerprint density at radius 1 is 1.42 bits per heavy atom. The fraction of sp³-hybridized carbons (Fsp3) is 0.143. The molecular formula is C7H7FO3S. The highest BCUT2D eigenvalue weighted by Gasteiger charge is 2.11. The van der Waals surface area contributed by atoms with Crippen molar-refractivity contribution in [2.24, 2.45) is 0 Å². The molecule has 0 saturated heterocycles. The Hall–Kier alpha value is -0.780. The highest BCUT2D eigenvalue weighted by molar-refractivity contribution is 7.74. The van der Waals surface area contributed by atoms with E-state index in [1.54, 1.807) is 18.2 Å². The molecule has 0 radical (unpaired) electrons. The number of hydrogen-bond acceptors (Lipinski definition) is 2. The highest BCUT2D eigenvalue weighted by Crippen LogP contribution is 2.18. The average Bonchev–Trinajstić information content (AvgIpc) is 2.05. The molecular weight excluding hydrogens is 183 g/mol. The van der Waals surface area contributed by atoms with Crippen LogP contribution in [0.2, 0.25) is 0 Å². The van der Waals surface area contributed by atoms with Gasteiger partial charge in [0.25, 0.3) is 0 Å². The molecule has 0 aliphatic carbocycles. The molecule has 1 N–H and O–H groups in total. The van der Waals surface area contributed by atoms with Gasteiger partial charge in [-0.2, -0.15) is 4.21 Å². The Balaban J connectivity index is 2.65. The molecule has 0 saturated carbocycles. The van der Waals surface area contributed by atoms with Gasteiger partial charge in [0.2, 0.25) is 6.36 Å². The second kappa shape index (κ2) is 4.30. The monoisotopic (exact) mass is 190 g/mol. The third-order valence-corrected chi connectivity index (χ3v) is 1.56. The van der Waals surface area contributed by atoms with Gasteiger partial charge in [-0.25, -0.2) is 8.57 Å². The van der Waals surface area contributed by atoms with Crippen LogP contribution in [-0.2, 0) is 15.5 Å². The molecule has 66 valence electrons. The van der Waals surface area contributed by atoms with Crippen molar-refractivity contribution in [2.75, 3.05) is 0 Å². The van der Waals surface area contributed by atoms with Gasteiger partial charge in [-0.05, 0) is 0 Å². The predicted molar refractivity (Wildman–Crippen MR) is 42.1 cm³/mol. The van der Waals surface area contributed by atoms with Crippen LogP contribution in [0.4, 0.5) is 4.39 Å². The SMILES string of the molecule is O=S(O)OC(F)c1ccccc1. The topological polar surface area (TPSA) is 46.5 Å². The van der Waals surface area contributed by atoms with Crippen molar-refractivity contribution >= 4 is 11.4 Å². The Bertz CT molecular complexity index is 265. The van der Waals surface area contributed by atoms with Crippen molar-refractivity contribution in [3.63, 3.8) is 0 Å². The van der Waals surface area contributed by atoms with Gasteiger partial charge in [0.05, 0.1) is 0 Å². The summed E-state index contributed by atoms with van der Waals surface area (Å²) in [5.41, 5.74) is 0.222. The lowest BCUT2D eigenvalue weighted by Gasteiger charge is -2.04. The van der Waals surface area contributed by atoms with E-state index >= 15 is 0 Å². The van der Waals surface area contributed by atoms with E-state index < -0.39 is 17.7 Å². The van der Waals surface area contributed by atoms with Crippen LogP contribution in [0, 0.1) is 0 Å². The normalized spacial score (nSPS) is 15.5. The molecule has 0 amide bonds. The number of benzene rings is 1. The highest BCUT2D eigenvalue weighted by atomic mass is 32.2. The largest absolute Gasteiger partial charge is 0.305 e. The molecule has 0 fully saturated rings. The Kier molecular flexibility index (Phi) is 3.33. The molecule has 1 aromatic carbocycles. The summed E-state index contributed by atoms with van der Waals surface area (Å²) in [6.45, 7) is 0. The van der Waals surface area contributed by atoms with Crippen LogP contribution in [-0.4, -0.2) is 8.76 Å². The van der Waals surface area contributed by atoms with E-state index in [0.29, 0.717) is 0 Å². The van der Waals surface area contributed by atoms with Gasteiger partial charge in [0.1, 0.15) is 0 Å². The van der Waals surface area contributed by atoms with Gasteiger partial charge >= 0.3 is 11.4 Å². The third-order valence-electron chi connectivity index (χ3n) is 1.23. The molecule has 0 bridgehead atoms. The van der Waals surface area contributed by atoms with Gasteiger partial charge < -0.3 is 0 Å². The van der Waals surface area contributed by atoms with Crippen LogP contribution >= 0.6 is 0 Å². The lowest BCUT2D eigenvalue weighted by Crippen LogP contribution is -2.00. The van der Waals surface area contributed by atoms with E-state index in [2.05, 4.69) is 4.18 Å². The molecule has 0 heterocycles. The molecule has 0 aliphatic rings. The summed E-state index contributed by atoms with van der Waals surface area (Å²) >= 11 is -2.57. The molecule has 1 rings (SSSR count). The summed E-state index contributed by atoms with van der Waals surface area (Å²) in [5, 5.41) is 0. The molecule has 0 aliphatic heterocycles. The fourth-order valence-corrected chi connectivity index (χ4v) is 0.988. The fourth-order valence-electron chi connectivity index (χ4n) is 0.732. The number of halogens is 1. The lowest BCUT2D eigenvalue weighted by atomic mass is 10.2. The Labute approximate surface area is 71.7 Å². The quantitative estimate of drug-likeness (QED) is 0.739. The molecule has 1 aromatic rings. The first-order valence-electron chi connectivity index (χ1n) is 3.17. The van der Waals surface area contributed by atoms with Crippen molar-refractivity contribution in [2.45, 2.75) is 6.36 Å². The maximum absolute atomic E-state index is 12.8. The minimum atomic E-state index is -2.57. The van der Waals surface area contributed by atoms with Crippen molar-refractivity contribution in [1.29, 1.82) is 0 Å². The van der Waals surface area contributed by atoms with E-state index in [0.717, 1.165) is 0 Å². The smallest absolute Gasteiger partial charge is 0.284 e. The zero-order valence-corrected chi connectivity index (χ0v) is 6.83. The number of alkyl halides is 1. The summed E-state index contributed by atoms with van der Waals surface area (Å²) in [6.07, 6.45) is -1.85.